The highest BCUT2D eigenvalue weighted by Crippen LogP contribution is 2.44. The molecule has 3 heterocycles. The molecule has 0 atom stereocenters. The number of carbonyl (C=O) groups is 2. The summed E-state index contributed by atoms with van der Waals surface area (Å²) in [5, 5.41) is 26.0. The van der Waals surface area contributed by atoms with Gasteiger partial charge in [0, 0.05) is 43.1 Å². The van der Waals surface area contributed by atoms with Gasteiger partial charge in [-0.2, -0.15) is 45.9 Å². The molecule has 5 rings (SSSR count). The number of nitrogen functional groups attached to an aromatic ring is 2. The van der Waals surface area contributed by atoms with Crippen molar-refractivity contribution in [1.82, 2.24) is 39.3 Å². The molecule has 5 aromatic rings. The van der Waals surface area contributed by atoms with Gasteiger partial charge < -0.3 is 21.3 Å². The van der Waals surface area contributed by atoms with Gasteiger partial charge in [0.1, 0.15) is 17.7 Å². The Balaban J connectivity index is 1.65. The van der Waals surface area contributed by atoms with Gasteiger partial charge in [0.15, 0.2) is 34.6 Å². The van der Waals surface area contributed by atoms with Crippen molar-refractivity contribution < 1.29 is 35.9 Å². The van der Waals surface area contributed by atoms with Crippen LogP contribution in [0.2, 0.25) is 0 Å². The highest BCUT2D eigenvalue weighted by atomic mass is 19.4. The average molecular weight is 953 g/mol. The lowest BCUT2D eigenvalue weighted by Gasteiger charge is -2.22. The zero-order chi connectivity index (χ0) is 50.5. The number of nitrogens with zero attached hydrogens (tertiary/aromatic N) is 12. The second-order valence-corrected chi connectivity index (χ2v) is 18.0. The van der Waals surface area contributed by atoms with Crippen LogP contribution in [-0.4, -0.2) is 77.3 Å². The first-order chi connectivity index (χ1) is 31.8. The lowest BCUT2D eigenvalue weighted by atomic mass is 9.91. The summed E-state index contributed by atoms with van der Waals surface area (Å²) in [7, 11) is 0. The van der Waals surface area contributed by atoms with Crippen molar-refractivity contribution in [1.29, 1.82) is 0 Å². The van der Waals surface area contributed by atoms with E-state index in [4.69, 9.17) is 11.5 Å². The number of unbranched alkanes of at least 4 members (excludes halogenated alkanes) is 2. The molecule has 366 valence electrons. The molecule has 2 amide bonds. The Bertz CT molecular complexity index is 2490. The fourth-order valence-electron chi connectivity index (χ4n) is 7.12. The minimum absolute atomic E-state index is 0.0294. The van der Waals surface area contributed by atoms with Crippen LogP contribution in [0.25, 0.3) is 11.6 Å². The van der Waals surface area contributed by atoms with Gasteiger partial charge in [0.05, 0.1) is 33.6 Å². The summed E-state index contributed by atoms with van der Waals surface area (Å²) in [5.74, 6) is -1.58. The van der Waals surface area contributed by atoms with E-state index in [2.05, 4.69) is 40.6 Å². The Labute approximate surface area is 390 Å². The normalized spacial score (nSPS) is 12.7. The molecule has 0 spiro atoms. The SMILES string of the molecule is CCCCN(CC)C(=O)c1cccc(C(F)(F)F)c1N=Nc1c(C(C)(C)C)nn(-c2cc(-n3nc(C(C)(C)C)c(N=Nc4c(C(=O)N(CC)CCCC)cccc4C(F)(F)F)c3N)ncn2)c1N. The molecule has 4 N–H and O–H groups in total. The zero-order valence-electron chi connectivity index (χ0n) is 39.9. The highest BCUT2D eigenvalue weighted by Gasteiger charge is 2.38. The van der Waals surface area contributed by atoms with Crippen molar-refractivity contribution in [3.8, 4) is 11.6 Å². The third-order valence-corrected chi connectivity index (χ3v) is 10.8. The van der Waals surface area contributed by atoms with Crippen LogP contribution in [0.15, 0.2) is 69.2 Å². The monoisotopic (exact) mass is 952 g/mol. The van der Waals surface area contributed by atoms with Gasteiger partial charge in [0.2, 0.25) is 0 Å². The fourth-order valence-corrected chi connectivity index (χ4v) is 7.12. The van der Waals surface area contributed by atoms with Crippen LogP contribution in [0.4, 0.5) is 60.7 Å². The van der Waals surface area contributed by atoms with Gasteiger partial charge in [-0.3, -0.25) is 9.59 Å². The highest BCUT2D eigenvalue weighted by molar-refractivity contribution is 6.00. The molecule has 0 saturated heterocycles. The molecule has 0 fully saturated rings. The molecule has 0 unspecified atom stereocenters. The van der Waals surface area contributed by atoms with Gasteiger partial charge in [-0.05, 0) is 51.0 Å². The van der Waals surface area contributed by atoms with Crippen molar-refractivity contribution in [2.24, 2.45) is 20.5 Å². The van der Waals surface area contributed by atoms with Crippen molar-refractivity contribution >= 4 is 46.2 Å². The summed E-state index contributed by atoms with van der Waals surface area (Å²) in [6, 6.07) is 7.87. The van der Waals surface area contributed by atoms with Crippen LogP contribution in [0.5, 0.6) is 0 Å². The third-order valence-electron chi connectivity index (χ3n) is 10.8. The third kappa shape index (κ3) is 11.3. The average Bonchev–Trinajstić information content (AvgIpc) is 3.80. The summed E-state index contributed by atoms with van der Waals surface area (Å²) in [6.45, 7) is 19.2. The number of aromatic nitrogens is 6. The van der Waals surface area contributed by atoms with Crippen molar-refractivity contribution in [2.45, 2.75) is 118 Å². The summed E-state index contributed by atoms with van der Waals surface area (Å²) >= 11 is 0. The van der Waals surface area contributed by atoms with Gasteiger partial charge in [-0.15, -0.1) is 20.5 Å². The Hall–Kier alpha value is -6.74. The van der Waals surface area contributed by atoms with Crippen molar-refractivity contribution in [3.63, 3.8) is 0 Å². The maximum atomic E-state index is 14.5. The number of azo groups is 2. The zero-order valence-corrected chi connectivity index (χ0v) is 39.9. The second kappa shape index (κ2) is 20.6. The predicted octanol–water partition coefficient (Wildman–Crippen LogP) is 12.0. The number of carbonyl (C=O) groups excluding carboxylic acids is 2. The number of hydrogen-bond acceptors (Lipinski definition) is 12. The molecule has 0 aliphatic carbocycles. The minimum atomic E-state index is -4.90. The lowest BCUT2D eigenvalue weighted by molar-refractivity contribution is -0.137. The molecule has 22 heteroatoms. The smallest absolute Gasteiger partial charge is 0.382 e. The number of nitrogens with two attached hydrogens (primary N) is 2. The van der Waals surface area contributed by atoms with E-state index in [1.807, 2.05) is 13.8 Å². The van der Waals surface area contributed by atoms with Crippen molar-refractivity contribution in [2.75, 3.05) is 37.6 Å². The van der Waals surface area contributed by atoms with E-state index < -0.39 is 57.5 Å². The Morgan fingerprint density at radius 3 is 1.25 bits per heavy atom. The molecule has 68 heavy (non-hydrogen) atoms. The van der Waals surface area contributed by atoms with Crippen LogP contribution in [0.3, 0.4) is 0 Å². The Kier molecular flexibility index (Phi) is 15.9. The predicted molar refractivity (Wildman–Crippen MR) is 247 cm³/mol. The van der Waals surface area contributed by atoms with Gasteiger partial charge in [0.25, 0.3) is 11.8 Å². The first-order valence-corrected chi connectivity index (χ1v) is 22.2. The first kappa shape index (κ1) is 52.2. The van der Waals surface area contributed by atoms with Crippen molar-refractivity contribution in [3.05, 3.63) is 82.4 Å². The molecule has 3 aromatic heterocycles. The van der Waals surface area contributed by atoms with E-state index in [9.17, 15) is 35.9 Å². The number of anilines is 2. The Morgan fingerprint density at radius 2 is 0.941 bits per heavy atom. The van der Waals surface area contributed by atoms with Gasteiger partial charge in [-0.25, -0.2) is 9.97 Å². The van der Waals surface area contributed by atoms with Gasteiger partial charge in [-0.1, -0.05) is 80.4 Å². The summed E-state index contributed by atoms with van der Waals surface area (Å²) in [4.78, 5) is 39.0. The van der Waals surface area contributed by atoms with E-state index in [0.29, 0.717) is 25.9 Å². The summed E-state index contributed by atoms with van der Waals surface area (Å²) in [6.07, 6.45) is -5.83. The molecule has 0 aliphatic heterocycles. The molecule has 2 aromatic carbocycles. The molecule has 16 nitrogen and oxygen atoms in total. The van der Waals surface area contributed by atoms with E-state index in [1.54, 1.807) is 55.4 Å². The summed E-state index contributed by atoms with van der Waals surface area (Å²) in [5.41, 5.74) is 7.67. The fraction of sp³-hybridized carbons (Fsp3) is 0.478. The number of benzene rings is 2. The molecule has 0 saturated carbocycles. The van der Waals surface area contributed by atoms with Crippen LogP contribution < -0.4 is 11.5 Å². The number of halogens is 6. The topological polar surface area (TPSA) is 204 Å². The second-order valence-electron chi connectivity index (χ2n) is 18.0. The maximum absolute atomic E-state index is 14.5. The Morgan fingerprint density at radius 1 is 0.588 bits per heavy atom. The molecular weight excluding hydrogens is 895 g/mol. The number of rotatable bonds is 16. The molecule has 0 bridgehead atoms. The van der Waals surface area contributed by atoms with E-state index in [0.717, 1.165) is 43.4 Å². The maximum Gasteiger partial charge on any atom is 0.418 e. The van der Waals surface area contributed by atoms with Crippen LogP contribution in [-0.2, 0) is 23.2 Å². The van der Waals surface area contributed by atoms with Crippen LogP contribution in [0.1, 0.15) is 138 Å². The van der Waals surface area contributed by atoms with Crippen LogP contribution >= 0.6 is 0 Å². The van der Waals surface area contributed by atoms with Gasteiger partial charge >= 0.3 is 12.4 Å². The van der Waals surface area contributed by atoms with E-state index in [1.165, 1.54) is 37.4 Å². The molecular formula is C46H58F6N14O2. The first-order valence-electron chi connectivity index (χ1n) is 22.2. The number of amides is 2. The summed E-state index contributed by atoms with van der Waals surface area (Å²) < 4.78 is 89.4. The minimum Gasteiger partial charge on any atom is -0.382 e. The lowest BCUT2D eigenvalue weighted by Crippen LogP contribution is -2.32. The molecule has 0 radical (unpaired) electrons. The largest absolute Gasteiger partial charge is 0.418 e. The standard InChI is InChI=1S/C46H58F6N14O2/c1-11-15-23-63(13-3)41(67)27-19-17-21-29(45(47,48)49)33(27)57-59-35-37(43(5,6)7)61-65(39(35)53)31-25-32(56-26-55-31)66-40(54)36(38(62-66)44(8,9)10)60-58-34-28(20-18-22-30(34)46(50,51)52)42(68)64(14-4)24-16-12-2/h17-22,25-26H,11-16,23-24,53-54H2,1-10H3. The number of alkyl halides is 6. The molecule has 0 aliphatic rings. The van der Waals surface area contributed by atoms with E-state index >= 15 is 0 Å². The van der Waals surface area contributed by atoms with E-state index in [-0.39, 0.29) is 70.3 Å². The van der Waals surface area contributed by atoms with Crippen LogP contribution in [0, 0.1) is 0 Å². The number of hydrogen-bond donors (Lipinski definition) is 2. The quantitative estimate of drug-likeness (QED) is 0.0717.